The topological polar surface area (TPSA) is 81.1 Å². The van der Waals surface area contributed by atoms with Gasteiger partial charge in [-0.15, -0.1) is 0 Å². The zero-order valence-corrected chi connectivity index (χ0v) is 19.6. The summed E-state index contributed by atoms with van der Waals surface area (Å²) in [6.45, 7) is 0.445. The van der Waals surface area contributed by atoms with Crippen LogP contribution in [0.5, 0.6) is 6.01 Å². The highest BCUT2D eigenvalue weighted by atomic mass is 35.5. The molecule has 33 heavy (non-hydrogen) atoms. The minimum Gasteiger partial charge on any atom is -0.467 e. The number of hydrogen-bond acceptors (Lipinski definition) is 5. The van der Waals surface area contributed by atoms with Gasteiger partial charge in [0.25, 0.3) is 0 Å². The lowest BCUT2D eigenvalue weighted by molar-refractivity contribution is -0.122. The highest BCUT2D eigenvalue weighted by Crippen LogP contribution is 2.28. The largest absolute Gasteiger partial charge is 0.467 e. The lowest BCUT2D eigenvalue weighted by Crippen LogP contribution is -2.41. The number of carbonyl (C=O) groups excluding carboxylic acids is 1. The fraction of sp³-hybridized carbons (Fsp3) is 0.400. The van der Waals surface area contributed by atoms with E-state index in [0.717, 1.165) is 24.8 Å². The number of amides is 1. The summed E-state index contributed by atoms with van der Waals surface area (Å²) in [5, 5.41) is 7.12. The zero-order valence-electron chi connectivity index (χ0n) is 18.8. The first-order valence-electron chi connectivity index (χ1n) is 11.5. The van der Waals surface area contributed by atoms with E-state index in [1.807, 2.05) is 59.4 Å². The smallest absolute Gasteiger partial charge is 0.320 e. The van der Waals surface area contributed by atoms with Crippen molar-refractivity contribution in [2.75, 3.05) is 12.4 Å². The molecular weight excluding hydrogens is 438 g/mol. The Morgan fingerprint density at radius 1 is 1.15 bits per heavy atom. The van der Waals surface area contributed by atoms with Crippen molar-refractivity contribution in [1.82, 2.24) is 19.9 Å². The molecule has 1 amide bonds. The van der Waals surface area contributed by atoms with E-state index in [0.29, 0.717) is 29.1 Å². The van der Waals surface area contributed by atoms with Crippen molar-refractivity contribution in [2.45, 2.75) is 51.1 Å². The Hall–Kier alpha value is -3.06. The quantitative estimate of drug-likeness (QED) is 0.463. The van der Waals surface area contributed by atoms with E-state index in [1.165, 1.54) is 26.4 Å². The van der Waals surface area contributed by atoms with E-state index in [4.69, 9.17) is 16.3 Å². The van der Waals surface area contributed by atoms with Crippen LogP contribution in [0.3, 0.4) is 0 Å². The molecule has 174 valence electrons. The van der Waals surface area contributed by atoms with Gasteiger partial charge < -0.3 is 19.9 Å². The number of benzene rings is 1. The number of carbonyl (C=O) groups is 1. The van der Waals surface area contributed by atoms with Crippen LogP contribution in [0.15, 0.2) is 54.9 Å². The second-order valence-corrected chi connectivity index (χ2v) is 8.91. The van der Waals surface area contributed by atoms with Gasteiger partial charge in [-0.2, -0.15) is 9.97 Å². The first-order chi connectivity index (χ1) is 16.1. The van der Waals surface area contributed by atoms with Crippen molar-refractivity contribution in [3.63, 3.8) is 0 Å². The second-order valence-electron chi connectivity index (χ2n) is 8.47. The zero-order chi connectivity index (χ0) is 23.0. The highest BCUT2D eigenvalue weighted by molar-refractivity contribution is 6.30. The van der Waals surface area contributed by atoms with E-state index in [2.05, 4.69) is 20.6 Å². The third-order valence-electron chi connectivity index (χ3n) is 6.06. The molecule has 1 aromatic carbocycles. The van der Waals surface area contributed by atoms with E-state index in [1.54, 1.807) is 0 Å². The van der Waals surface area contributed by atoms with Gasteiger partial charge in [-0.25, -0.2) is 0 Å². The van der Waals surface area contributed by atoms with Crippen molar-refractivity contribution >= 4 is 23.3 Å². The molecule has 0 radical (unpaired) electrons. The molecule has 7 nitrogen and oxygen atoms in total. The average molecular weight is 468 g/mol. The van der Waals surface area contributed by atoms with Crippen molar-refractivity contribution in [1.29, 1.82) is 0 Å². The molecule has 0 aliphatic heterocycles. The molecule has 0 saturated heterocycles. The highest BCUT2D eigenvalue weighted by Gasteiger charge is 2.25. The number of hydrogen-bond donors (Lipinski definition) is 2. The Kier molecular flexibility index (Phi) is 7.83. The summed E-state index contributed by atoms with van der Waals surface area (Å²) in [5.74, 6) is 1.71. The van der Waals surface area contributed by atoms with Gasteiger partial charge in [0.2, 0.25) is 5.91 Å². The van der Waals surface area contributed by atoms with Crippen LogP contribution < -0.4 is 15.4 Å². The predicted molar refractivity (Wildman–Crippen MR) is 130 cm³/mol. The summed E-state index contributed by atoms with van der Waals surface area (Å²) in [7, 11) is 1.54. The third kappa shape index (κ3) is 6.48. The van der Waals surface area contributed by atoms with Crippen LogP contribution in [-0.2, 0) is 11.3 Å². The summed E-state index contributed by atoms with van der Waals surface area (Å²) in [6, 6.07) is 13.0. The number of ether oxygens (including phenoxy) is 1. The lowest BCUT2D eigenvalue weighted by atomic mass is 9.84. The SMILES string of the molecule is COc1nc(N[C@H](CC2CCCCC2)C(=O)NCc2ccc(Cl)cc2)cc(-n2cccc2)n1. The Bertz CT molecular complexity index is 1030. The van der Waals surface area contributed by atoms with Crippen molar-refractivity contribution in [3.05, 3.63) is 65.4 Å². The van der Waals surface area contributed by atoms with Crippen molar-refractivity contribution in [3.8, 4) is 11.8 Å². The van der Waals surface area contributed by atoms with Gasteiger partial charge in [0, 0.05) is 30.0 Å². The molecule has 1 aliphatic carbocycles. The Morgan fingerprint density at radius 3 is 2.58 bits per heavy atom. The third-order valence-corrected chi connectivity index (χ3v) is 6.31. The maximum atomic E-state index is 13.3. The molecule has 2 heterocycles. The minimum absolute atomic E-state index is 0.0457. The summed E-state index contributed by atoms with van der Waals surface area (Å²) in [5.41, 5.74) is 1.00. The number of halogens is 1. The number of aromatic nitrogens is 3. The van der Waals surface area contributed by atoms with E-state index in [-0.39, 0.29) is 11.9 Å². The summed E-state index contributed by atoms with van der Waals surface area (Å²) in [4.78, 5) is 22.1. The summed E-state index contributed by atoms with van der Waals surface area (Å²) in [6.07, 6.45) is 10.6. The molecule has 1 atom stereocenters. The number of rotatable bonds is 9. The fourth-order valence-electron chi connectivity index (χ4n) is 4.28. The van der Waals surface area contributed by atoms with Crippen LogP contribution in [0.1, 0.15) is 44.1 Å². The Morgan fingerprint density at radius 2 is 1.88 bits per heavy atom. The van der Waals surface area contributed by atoms with E-state index in [9.17, 15) is 4.79 Å². The molecule has 3 aromatic rings. The normalized spacial score (nSPS) is 15.1. The first-order valence-corrected chi connectivity index (χ1v) is 11.8. The fourth-order valence-corrected chi connectivity index (χ4v) is 4.40. The standard InChI is InChI=1S/C25H30ClN5O2/c1-33-25-29-22(16-23(30-25)31-13-5-6-14-31)28-21(15-18-7-3-2-4-8-18)24(32)27-17-19-9-11-20(26)12-10-19/h5-6,9-14,16,18,21H,2-4,7-8,15,17H2,1H3,(H,27,32)(H,28,29,30)/t21-/m1/s1. The lowest BCUT2D eigenvalue weighted by Gasteiger charge is -2.27. The van der Waals surface area contributed by atoms with E-state index < -0.39 is 6.04 Å². The molecule has 2 N–H and O–H groups in total. The average Bonchev–Trinajstić information content (AvgIpc) is 3.39. The Labute approximate surface area is 199 Å². The molecule has 1 aliphatic rings. The molecule has 2 aromatic heterocycles. The molecule has 0 unspecified atom stereocenters. The van der Waals surface area contributed by atoms with Gasteiger partial charge in [-0.3, -0.25) is 4.79 Å². The van der Waals surface area contributed by atoms with Crippen LogP contribution in [0.2, 0.25) is 5.02 Å². The number of nitrogens with one attached hydrogen (secondary N) is 2. The van der Waals surface area contributed by atoms with Gasteiger partial charge >= 0.3 is 6.01 Å². The predicted octanol–water partition coefficient (Wildman–Crippen LogP) is 5.00. The maximum absolute atomic E-state index is 13.3. The van der Waals surface area contributed by atoms with Crippen LogP contribution in [-0.4, -0.2) is 33.6 Å². The first kappa shape index (κ1) is 23.1. The number of anilines is 1. The molecule has 8 heteroatoms. The minimum atomic E-state index is -0.405. The molecule has 0 bridgehead atoms. The summed E-state index contributed by atoms with van der Waals surface area (Å²) >= 11 is 5.98. The maximum Gasteiger partial charge on any atom is 0.320 e. The second kappa shape index (κ2) is 11.2. The van der Waals surface area contributed by atoms with Gasteiger partial charge in [-0.05, 0) is 42.2 Å². The molecular formula is C25H30ClN5O2. The van der Waals surface area contributed by atoms with E-state index >= 15 is 0 Å². The Balaban J connectivity index is 1.51. The number of methoxy groups -OCH3 is 1. The number of nitrogens with zero attached hydrogens (tertiary/aromatic N) is 3. The van der Waals surface area contributed by atoms with Crippen LogP contribution in [0, 0.1) is 5.92 Å². The monoisotopic (exact) mass is 467 g/mol. The molecule has 0 spiro atoms. The van der Waals surface area contributed by atoms with Gasteiger partial charge in [0.15, 0.2) is 0 Å². The van der Waals surface area contributed by atoms with Crippen molar-refractivity contribution < 1.29 is 9.53 Å². The van der Waals surface area contributed by atoms with Crippen LogP contribution >= 0.6 is 11.6 Å². The molecule has 1 saturated carbocycles. The molecule has 4 rings (SSSR count). The molecule has 1 fully saturated rings. The van der Waals surface area contributed by atoms with Crippen LogP contribution in [0.4, 0.5) is 5.82 Å². The van der Waals surface area contributed by atoms with Gasteiger partial charge in [-0.1, -0.05) is 55.8 Å². The van der Waals surface area contributed by atoms with Gasteiger partial charge in [0.1, 0.15) is 17.7 Å². The van der Waals surface area contributed by atoms with Crippen LogP contribution in [0.25, 0.3) is 5.82 Å². The van der Waals surface area contributed by atoms with Crippen molar-refractivity contribution in [2.24, 2.45) is 5.92 Å². The van der Waals surface area contributed by atoms with Gasteiger partial charge in [0.05, 0.1) is 7.11 Å². The summed E-state index contributed by atoms with van der Waals surface area (Å²) < 4.78 is 7.19.